The fourth-order valence-corrected chi connectivity index (χ4v) is 3.54. The van der Waals surface area contributed by atoms with Crippen LogP contribution in [0.4, 0.5) is 0 Å². The van der Waals surface area contributed by atoms with E-state index in [0.717, 1.165) is 6.42 Å². The van der Waals surface area contributed by atoms with Crippen molar-refractivity contribution in [3.05, 3.63) is 0 Å². The topological polar surface area (TPSA) is 83.9 Å². The van der Waals surface area contributed by atoms with Gasteiger partial charge in [-0.3, -0.25) is 19.3 Å². The SMILES string of the molecule is CC1(C(=O)O)CCCC1N1C(=O)C2CCC(O2)C1=O. The number of carboxylic acids is 1. The molecule has 0 aromatic carbocycles. The molecule has 6 nitrogen and oxygen atoms in total. The van der Waals surface area contributed by atoms with Crippen LogP contribution in [0.3, 0.4) is 0 Å². The van der Waals surface area contributed by atoms with Crippen LogP contribution in [0.1, 0.15) is 39.0 Å². The smallest absolute Gasteiger partial charge is 0.311 e. The normalized spacial score (nSPS) is 41.9. The summed E-state index contributed by atoms with van der Waals surface area (Å²) >= 11 is 0. The highest BCUT2D eigenvalue weighted by Gasteiger charge is 2.56. The van der Waals surface area contributed by atoms with Crippen molar-refractivity contribution in [3.8, 4) is 0 Å². The van der Waals surface area contributed by atoms with E-state index in [9.17, 15) is 19.5 Å². The van der Waals surface area contributed by atoms with Crippen LogP contribution >= 0.6 is 0 Å². The highest BCUT2D eigenvalue weighted by Crippen LogP contribution is 2.44. The molecule has 0 aromatic heterocycles. The zero-order valence-corrected chi connectivity index (χ0v) is 10.8. The quantitative estimate of drug-likeness (QED) is 0.738. The summed E-state index contributed by atoms with van der Waals surface area (Å²) in [5, 5.41) is 9.41. The number of aliphatic carboxylic acids is 1. The van der Waals surface area contributed by atoms with E-state index in [2.05, 4.69) is 0 Å². The Balaban J connectivity index is 1.95. The summed E-state index contributed by atoms with van der Waals surface area (Å²) in [4.78, 5) is 37.2. The van der Waals surface area contributed by atoms with Gasteiger partial charge in [0.1, 0.15) is 12.2 Å². The predicted molar refractivity (Wildman–Crippen MR) is 63.1 cm³/mol. The van der Waals surface area contributed by atoms with Crippen molar-refractivity contribution in [1.29, 1.82) is 0 Å². The van der Waals surface area contributed by atoms with E-state index >= 15 is 0 Å². The van der Waals surface area contributed by atoms with Gasteiger partial charge in [0.05, 0.1) is 11.5 Å². The molecule has 104 valence electrons. The number of carboxylic acid groups (broad SMARTS) is 1. The molecular formula is C13H17NO5. The number of hydrogen-bond donors (Lipinski definition) is 1. The number of carbonyl (C=O) groups is 3. The molecule has 0 radical (unpaired) electrons. The average Bonchev–Trinajstić information content (AvgIpc) is 2.95. The number of morpholine rings is 1. The minimum absolute atomic E-state index is 0.349. The summed E-state index contributed by atoms with van der Waals surface area (Å²) in [5.41, 5.74) is -1.03. The van der Waals surface area contributed by atoms with E-state index in [1.807, 2.05) is 0 Å². The third-order valence-electron chi connectivity index (χ3n) is 4.75. The molecule has 0 aromatic rings. The van der Waals surface area contributed by atoms with Crippen molar-refractivity contribution in [2.75, 3.05) is 0 Å². The summed E-state index contributed by atoms with van der Waals surface area (Å²) < 4.78 is 5.35. The molecule has 1 N–H and O–H groups in total. The highest BCUT2D eigenvalue weighted by molar-refractivity contribution is 6.03. The minimum atomic E-state index is -1.03. The summed E-state index contributed by atoms with van der Waals surface area (Å²) in [7, 11) is 0. The van der Waals surface area contributed by atoms with Crippen LogP contribution in [-0.2, 0) is 19.1 Å². The molecule has 2 saturated heterocycles. The molecule has 1 aliphatic carbocycles. The molecule has 6 heteroatoms. The largest absolute Gasteiger partial charge is 0.481 e. The van der Waals surface area contributed by atoms with Gasteiger partial charge < -0.3 is 9.84 Å². The van der Waals surface area contributed by atoms with E-state index in [-0.39, 0.29) is 11.8 Å². The number of ether oxygens (including phenoxy) is 1. The number of fused-ring (bicyclic) bond motifs is 2. The molecule has 3 fully saturated rings. The van der Waals surface area contributed by atoms with Crippen molar-refractivity contribution in [1.82, 2.24) is 4.90 Å². The first-order valence-electron chi connectivity index (χ1n) is 6.71. The lowest BCUT2D eigenvalue weighted by molar-refractivity contribution is -0.176. The van der Waals surface area contributed by atoms with Crippen molar-refractivity contribution in [2.24, 2.45) is 5.41 Å². The Hall–Kier alpha value is -1.43. The van der Waals surface area contributed by atoms with Crippen LogP contribution < -0.4 is 0 Å². The Kier molecular flexibility index (Phi) is 2.67. The zero-order chi connectivity index (χ0) is 13.8. The van der Waals surface area contributed by atoms with Gasteiger partial charge in [0.15, 0.2) is 0 Å². The lowest BCUT2D eigenvalue weighted by Gasteiger charge is -2.39. The van der Waals surface area contributed by atoms with Gasteiger partial charge in [0.25, 0.3) is 11.8 Å². The minimum Gasteiger partial charge on any atom is -0.481 e. The van der Waals surface area contributed by atoms with E-state index in [1.54, 1.807) is 6.92 Å². The average molecular weight is 267 g/mol. The molecule has 4 atom stereocenters. The van der Waals surface area contributed by atoms with Gasteiger partial charge in [0.2, 0.25) is 0 Å². The monoisotopic (exact) mass is 267 g/mol. The molecule has 0 spiro atoms. The standard InChI is InChI=1S/C13H17NO5/c1-13(12(17)18)6-2-3-9(13)14-10(15)7-4-5-8(19-7)11(14)16/h7-9H,2-6H2,1H3,(H,17,18). The first-order valence-corrected chi connectivity index (χ1v) is 6.71. The van der Waals surface area contributed by atoms with Crippen molar-refractivity contribution < 1.29 is 24.2 Å². The molecule has 3 aliphatic rings. The van der Waals surface area contributed by atoms with Crippen molar-refractivity contribution >= 4 is 17.8 Å². The summed E-state index contributed by atoms with van der Waals surface area (Å²) in [6, 6.07) is -0.531. The van der Waals surface area contributed by atoms with Crippen LogP contribution in [0.2, 0.25) is 0 Å². The first-order chi connectivity index (χ1) is 8.95. The molecule has 2 bridgehead atoms. The second kappa shape index (κ2) is 4.03. The van der Waals surface area contributed by atoms with Crippen LogP contribution in [-0.4, -0.2) is 46.0 Å². The Bertz CT molecular complexity index is 440. The first kappa shape index (κ1) is 12.6. The fraction of sp³-hybridized carbons (Fsp3) is 0.769. The molecule has 2 amide bonds. The van der Waals surface area contributed by atoms with Gasteiger partial charge in [-0.05, 0) is 32.6 Å². The van der Waals surface area contributed by atoms with Crippen LogP contribution in [0.25, 0.3) is 0 Å². The maximum atomic E-state index is 12.3. The third kappa shape index (κ3) is 1.62. The molecule has 2 heterocycles. The van der Waals surface area contributed by atoms with Crippen LogP contribution in [0.5, 0.6) is 0 Å². The highest BCUT2D eigenvalue weighted by atomic mass is 16.5. The van der Waals surface area contributed by atoms with Crippen LogP contribution in [0.15, 0.2) is 0 Å². The molecule has 19 heavy (non-hydrogen) atoms. The van der Waals surface area contributed by atoms with E-state index in [1.165, 1.54) is 4.90 Å². The maximum Gasteiger partial charge on any atom is 0.311 e. The van der Waals surface area contributed by atoms with E-state index < -0.39 is 29.6 Å². The molecule has 4 unspecified atom stereocenters. The van der Waals surface area contributed by atoms with Gasteiger partial charge in [-0.2, -0.15) is 0 Å². The fourth-order valence-electron chi connectivity index (χ4n) is 3.54. The lowest BCUT2D eigenvalue weighted by Crippen LogP contribution is -2.59. The zero-order valence-electron chi connectivity index (χ0n) is 10.8. The van der Waals surface area contributed by atoms with E-state index in [4.69, 9.17) is 4.74 Å². The Morgan fingerprint density at radius 3 is 2.37 bits per heavy atom. The number of amides is 2. The number of imide groups is 1. The number of rotatable bonds is 2. The second-order valence-corrected chi connectivity index (χ2v) is 5.87. The summed E-state index contributed by atoms with van der Waals surface area (Å²) in [6.45, 7) is 1.63. The second-order valence-electron chi connectivity index (χ2n) is 5.87. The number of carbonyl (C=O) groups excluding carboxylic acids is 2. The van der Waals surface area contributed by atoms with Gasteiger partial charge in [-0.1, -0.05) is 6.42 Å². The molecular weight excluding hydrogens is 250 g/mol. The van der Waals surface area contributed by atoms with Crippen molar-refractivity contribution in [2.45, 2.75) is 57.3 Å². The van der Waals surface area contributed by atoms with E-state index in [0.29, 0.717) is 25.7 Å². The van der Waals surface area contributed by atoms with Crippen LogP contribution in [0, 0.1) is 5.41 Å². The van der Waals surface area contributed by atoms with Gasteiger partial charge in [-0.15, -0.1) is 0 Å². The Morgan fingerprint density at radius 2 is 1.84 bits per heavy atom. The molecule has 3 rings (SSSR count). The van der Waals surface area contributed by atoms with Crippen molar-refractivity contribution in [3.63, 3.8) is 0 Å². The number of nitrogens with zero attached hydrogens (tertiary/aromatic N) is 1. The third-order valence-corrected chi connectivity index (χ3v) is 4.75. The Labute approximate surface area is 110 Å². The van der Waals surface area contributed by atoms with Gasteiger partial charge in [0, 0.05) is 0 Å². The number of hydrogen-bond acceptors (Lipinski definition) is 4. The lowest BCUT2D eigenvalue weighted by atomic mass is 9.83. The van der Waals surface area contributed by atoms with Gasteiger partial charge in [-0.25, -0.2) is 0 Å². The molecule has 2 aliphatic heterocycles. The summed E-state index contributed by atoms with van der Waals surface area (Å²) in [6.07, 6.45) is 1.80. The number of likely N-dealkylation sites (tertiary alicyclic amines) is 1. The van der Waals surface area contributed by atoms with Gasteiger partial charge >= 0.3 is 5.97 Å². The summed E-state index contributed by atoms with van der Waals surface area (Å²) in [5.74, 6) is -1.63. The predicted octanol–water partition coefficient (Wildman–Crippen LogP) is 0.546. The Morgan fingerprint density at radius 1 is 1.26 bits per heavy atom. The maximum absolute atomic E-state index is 12.3. The molecule has 1 saturated carbocycles.